The van der Waals surface area contributed by atoms with Gasteiger partial charge in [-0.1, -0.05) is 0 Å². The van der Waals surface area contributed by atoms with Gasteiger partial charge in [-0.2, -0.15) is 13.2 Å². The molecular weight excluding hydrogens is 275 g/mol. The predicted octanol–water partition coefficient (Wildman–Crippen LogP) is 2.54. The van der Waals surface area contributed by atoms with Crippen molar-refractivity contribution in [2.75, 3.05) is 18.0 Å². The number of anilines is 1. The molecule has 0 atom stereocenters. The van der Waals surface area contributed by atoms with Gasteiger partial charge in [0.1, 0.15) is 5.56 Å². The summed E-state index contributed by atoms with van der Waals surface area (Å²) in [4.78, 5) is 11.4. The van der Waals surface area contributed by atoms with Crippen molar-refractivity contribution >= 4 is 11.4 Å². The van der Waals surface area contributed by atoms with Gasteiger partial charge in [-0.3, -0.25) is 10.1 Å². The van der Waals surface area contributed by atoms with Gasteiger partial charge in [-0.05, 0) is 25.0 Å². The Morgan fingerprint density at radius 3 is 2.40 bits per heavy atom. The molecule has 0 unspecified atom stereocenters. The molecule has 2 N–H and O–H groups in total. The van der Waals surface area contributed by atoms with E-state index in [9.17, 15) is 23.3 Å². The van der Waals surface area contributed by atoms with Crippen LogP contribution in [0.25, 0.3) is 0 Å². The van der Waals surface area contributed by atoms with Crippen molar-refractivity contribution in [3.8, 4) is 0 Å². The maximum Gasteiger partial charge on any atom is 0.423 e. The second-order valence-electron chi connectivity index (χ2n) is 4.78. The number of nitro benzene ring substituents is 1. The molecule has 0 spiro atoms. The Labute approximate surface area is 113 Å². The Morgan fingerprint density at radius 2 is 1.90 bits per heavy atom. The number of alkyl halides is 3. The van der Waals surface area contributed by atoms with Crippen LogP contribution in [0.1, 0.15) is 18.4 Å². The summed E-state index contributed by atoms with van der Waals surface area (Å²) in [7, 11) is 0. The molecule has 1 fully saturated rings. The monoisotopic (exact) mass is 289 g/mol. The van der Waals surface area contributed by atoms with Gasteiger partial charge >= 0.3 is 6.18 Å². The van der Waals surface area contributed by atoms with Crippen molar-refractivity contribution < 1.29 is 18.1 Å². The molecule has 110 valence electrons. The Kier molecular flexibility index (Phi) is 3.85. The normalized spacial score (nSPS) is 17.3. The fraction of sp³-hybridized carbons (Fsp3) is 0.500. The van der Waals surface area contributed by atoms with Crippen LogP contribution in [0, 0.1) is 10.1 Å². The fourth-order valence-corrected chi connectivity index (χ4v) is 2.26. The molecular formula is C12H14F3N3O2. The molecule has 0 bridgehead atoms. The highest BCUT2D eigenvalue weighted by molar-refractivity contribution is 5.57. The third-order valence-electron chi connectivity index (χ3n) is 3.39. The van der Waals surface area contributed by atoms with E-state index in [0.717, 1.165) is 12.1 Å². The zero-order chi connectivity index (χ0) is 14.9. The van der Waals surface area contributed by atoms with E-state index >= 15 is 0 Å². The molecule has 1 aromatic rings. The number of piperidine rings is 1. The van der Waals surface area contributed by atoms with Crippen LogP contribution in [0.3, 0.4) is 0 Å². The van der Waals surface area contributed by atoms with Gasteiger partial charge in [-0.25, -0.2) is 0 Å². The van der Waals surface area contributed by atoms with E-state index in [0.29, 0.717) is 31.6 Å². The lowest BCUT2D eigenvalue weighted by molar-refractivity contribution is -0.388. The fourth-order valence-electron chi connectivity index (χ4n) is 2.26. The first-order valence-electron chi connectivity index (χ1n) is 6.15. The van der Waals surface area contributed by atoms with E-state index in [-0.39, 0.29) is 6.04 Å². The van der Waals surface area contributed by atoms with Gasteiger partial charge in [-0.15, -0.1) is 0 Å². The first-order chi connectivity index (χ1) is 9.29. The molecule has 1 heterocycles. The molecule has 0 saturated carbocycles. The van der Waals surface area contributed by atoms with Gasteiger partial charge in [0.15, 0.2) is 0 Å². The van der Waals surface area contributed by atoms with Crippen molar-refractivity contribution in [3.05, 3.63) is 33.9 Å². The molecule has 1 aliphatic rings. The van der Waals surface area contributed by atoms with Crippen LogP contribution in [-0.2, 0) is 6.18 Å². The minimum Gasteiger partial charge on any atom is -0.371 e. The molecule has 0 amide bonds. The van der Waals surface area contributed by atoms with E-state index in [1.807, 2.05) is 0 Å². The standard InChI is InChI=1S/C12H14F3N3O2/c13-12(14,15)10-7-9(1-2-11(10)18(19)20)17-5-3-8(16)4-6-17/h1-2,7-8H,3-6,16H2. The van der Waals surface area contributed by atoms with Crippen molar-refractivity contribution in [2.45, 2.75) is 25.1 Å². The maximum absolute atomic E-state index is 12.9. The van der Waals surface area contributed by atoms with Crippen molar-refractivity contribution in [2.24, 2.45) is 5.73 Å². The number of nitrogens with zero attached hydrogens (tertiary/aromatic N) is 2. The van der Waals surface area contributed by atoms with E-state index in [1.165, 1.54) is 6.07 Å². The second-order valence-corrected chi connectivity index (χ2v) is 4.78. The Bertz CT molecular complexity index is 511. The highest BCUT2D eigenvalue weighted by Gasteiger charge is 2.38. The van der Waals surface area contributed by atoms with Crippen LogP contribution in [0.2, 0.25) is 0 Å². The third kappa shape index (κ3) is 3.01. The van der Waals surface area contributed by atoms with Crippen molar-refractivity contribution in [3.63, 3.8) is 0 Å². The molecule has 0 radical (unpaired) electrons. The average Bonchev–Trinajstić information content (AvgIpc) is 2.38. The van der Waals surface area contributed by atoms with Gasteiger partial charge in [0.05, 0.1) is 4.92 Å². The first kappa shape index (κ1) is 14.6. The van der Waals surface area contributed by atoms with Crippen LogP contribution in [0.4, 0.5) is 24.5 Å². The molecule has 0 aromatic heterocycles. The summed E-state index contributed by atoms with van der Waals surface area (Å²) < 4.78 is 38.6. The van der Waals surface area contributed by atoms with E-state index in [4.69, 9.17) is 5.73 Å². The minimum atomic E-state index is -4.75. The SMILES string of the molecule is NC1CCN(c2ccc([N+](=O)[O-])c(C(F)(F)F)c2)CC1. The topological polar surface area (TPSA) is 72.4 Å². The summed E-state index contributed by atoms with van der Waals surface area (Å²) in [5.41, 5.74) is 3.95. The molecule has 8 heteroatoms. The number of halogens is 3. The average molecular weight is 289 g/mol. The van der Waals surface area contributed by atoms with E-state index in [2.05, 4.69) is 0 Å². The van der Waals surface area contributed by atoms with Crippen LogP contribution >= 0.6 is 0 Å². The maximum atomic E-state index is 12.9. The van der Waals surface area contributed by atoms with Crippen molar-refractivity contribution in [1.82, 2.24) is 0 Å². The van der Waals surface area contributed by atoms with Crippen LogP contribution in [0.5, 0.6) is 0 Å². The largest absolute Gasteiger partial charge is 0.423 e. The Balaban J connectivity index is 2.35. The van der Waals surface area contributed by atoms with Crippen LogP contribution < -0.4 is 10.6 Å². The zero-order valence-electron chi connectivity index (χ0n) is 10.6. The Morgan fingerprint density at radius 1 is 1.30 bits per heavy atom. The van der Waals surface area contributed by atoms with E-state index in [1.54, 1.807) is 4.90 Å². The third-order valence-corrected chi connectivity index (χ3v) is 3.39. The summed E-state index contributed by atoms with van der Waals surface area (Å²) in [5, 5.41) is 10.7. The summed E-state index contributed by atoms with van der Waals surface area (Å²) in [5.74, 6) is 0. The minimum absolute atomic E-state index is 0.0615. The Hall–Kier alpha value is -1.83. The van der Waals surface area contributed by atoms with E-state index < -0.39 is 22.4 Å². The molecule has 20 heavy (non-hydrogen) atoms. The van der Waals surface area contributed by atoms with Gasteiger partial charge < -0.3 is 10.6 Å². The number of hydrogen-bond acceptors (Lipinski definition) is 4. The number of benzene rings is 1. The molecule has 0 aliphatic carbocycles. The first-order valence-corrected chi connectivity index (χ1v) is 6.15. The molecule has 1 aromatic carbocycles. The highest BCUT2D eigenvalue weighted by Crippen LogP contribution is 2.38. The molecule has 2 rings (SSSR count). The molecule has 1 saturated heterocycles. The zero-order valence-corrected chi connectivity index (χ0v) is 10.6. The quantitative estimate of drug-likeness (QED) is 0.670. The lowest BCUT2D eigenvalue weighted by atomic mass is 10.0. The highest BCUT2D eigenvalue weighted by atomic mass is 19.4. The van der Waals surface area contributed by atoms with Crippen molar-refractivity contribution in [1.29, 1.82) is 0 Å². The van der Waals surface area contributed by atoms with Gasteiger partial charge in [0.2, 0.25) is 0 Å². The van der Waals surface area contributed by atoms with Gasteiger partial charge in [0, 0.05) is 30.9 Å². The number of nitrogens with two attached hydrogens (primary N) is 1. The lowest BCUT2D eigenvalue weighted by Gasteiger charge is -2.32. The van der Waals surface area contributed by atoms with Crippen LogP contribution in [-0.4, -0.2) is 24.1 Å². The summed E-state index contributed by atoms with van der Waals surface area (Å²) in [6.07, 6.45) is -3.36. The summed E-state index contributed by atoms with van der Waals surface area (Å²) in [6, 6.07) is 3.16. The number of rotatable bonds is 2. The second kappa shape index (κ2) is 5.28. The predicted molar refractivity (Wildman–Crippen MR) is 67.5 cm³/mol. The van der Waals surface area contributed by atoms with Gasteiger partial charge in [0.25, 0.3) is 5.69 Å². The molecule has 5 nitrogen and oxygen atoms in total. The number of hydrogen-bond donors (Lipinski definition) is 1. The summed E-state index contributed by atoms with van der Waals surface area (Å²) >= 11 is 0. The lowest BCUT2D eigenvalue weighted by Crippen LogP contribution is -2.39. The summed E-state index contributed by atoms with van der Waals surface area (Å²) in [6.45, 7) is 1.10. The smallest absolute Gasteiger partial charge is 0.371 e. The van der Waals surface area contributed by atoms with Crippen LogP contribution in [0.15, 0.2) is 18.2 Å². The molecule has 1 aliphatic heterocycles. The number of nitro groups is 1.